The van der Waals surface area contributed by atoms with Gasteiger partial charge in [0.25, 0.3) is 0 Å². The fourth-order valence-corrected chi connectivity index (χ4v) is 2.74. The molecule has 0 saturated carbocycles. The monoisotopic (exact) mass is 236 g/mol. The second-order valence-electron chi connectivity index (χ2n) is 3.04. The molecule has 0 spiro atoms. The fraction of sp³-hybridized carbons (Fsp3) is 0.222. The van der Waals surface area contributed by atoms with E-state index in [1.165, 1.54) is 0 Å². The van der Waals surface area contributed by atoms with Gasteiger partial charge < -0.3 is 0 Å². The van der Waals surface area contributed by atoms with Gasteiger partial charge in [0.2, 0.25) is 4.96 Å². The SMILES string of the molecule is CCc1nn2cc(-c3nccs3)nc2s1. The highest BCUT2D eigenvalue weighted by molar-refractivity contribution is 7.16. The van der Waals surface area contributed by atoms with Gasteiger partial charge in [0.15, 0.2) is 0 Å². The van der Waals surface area contributed by atoms with Crippen molar-refractivity contribution in [2.75, 3.05) is 0 Å². The van der Waals surface area contributed by atoms with Gasteiger partial charge in [0, 0.05) is 11.6 Å². The minimum atomic E-state index is 0.909. The van der Waals surface area contributed by atoms with Crippen molar-refractivity contribution >= 4 is 27.6 Å². The minimum absolute atomic E-state index is 0.909. The van der Waals surface area contributed by atoms with Crippen molar-refractivity contribution < 1.29 is 0 Å². The number of aryl methyl sites for hydroxylation is 1. The van der Waals surface area contributed by atoms with Gasteiger partial charge in [0.05, 0.1) is 6.20 Å². The zero-order valence-corrected chi connectivity index (χ0v) is 9.68. The molecule has 0 aliphatic carbocycles. The summed E-state index contributed by atoms with van der Waals surface area (Å²) in [4.78, 5) is 9.66. The van der Waals surface area contributed by atoms with Gasteiger partial charge in [-0.25, -0.2) is 14.5 Å². The molecule has 0 unspecified atom stereocenters. The number of fused-ring (bicyclic) bond motifs is 1. The Hall–Kier alpha value is -1.27. The molecule has 0 atom stereocenters. The first kappa shape index (κ1) is 8.99. The maximum Gasteiger partial charge on any atom is 0.212 e. The van der Waals surface area contributed by atoms with Crippen LogP contribution in [0.3, 0.4) is 0 Å². The summed E-state index contributed by atoms with van der Waals surface area (Å²) in [6.45, 7) is 2.10. The molecular formula is C9H8N4S2. The predicted molar refractivity (Wildman–Crippen MR) is 61.4 cm³/mol. The predicted octanol–water partition coefficient (Wildman–Crippen LogP) is 2.48. The molecule has 3 heterocycles. The van der Waals surface area contributed by atoms with Crippen LogP contribution in [0.4, 0.5) is 0 Å². The summed E-state index contributed by atoms with van der Waals surface area (Å²) in [5.74, 6) is 0. The van der Waals surface area contributed by atoms with E-state index in [-0.39, 0.29) is 0 Å². The molecule has 0 bridgehead atoms. The van der Waals surface area contributed by atoms with Gasteiger partial charge in [-0.05, 0) is 6.42 Å². The number of aromatic nitrogens is 4. The van der Waals surface area contributed by atoms with E-state index < -0.39 is 0 Å². The second-order valence-corrected chi connectivity index (χ2v) is 4.97. The third-order valence-electron chi connectivity index (χ3n) is 2.04. The average molecular weight is 236 g/mol. The molecule has 0 fully saturated rings. The van der Waals surface area contributed by atoms with Crippen molar-refractivity contribution in [3.8, 4) is 10.7 Å². The van der Waals surface area contributed by atoms with Crippen LogP contribution in [0, 0.1) is 0 Å². The Morgan fingerprint density at radius 3 is 3.07 bits per heavy atom. The van der Waals surface area contributed by atoms with Crippen molar-refractivity contribution in [2.45, 2.75) is 13.3 Å². The highest BCUT2D eigenvalue weighted by Gasteiger charge is 2.09. The third-order valence-corrected chi connectivity index (χ3v) is 3.90. The Balaban J connectivity index is 2.12. The molecule has 3 aromatic rings. The first-order valence-electron chi connectivity index (χ1n) is 4.62. The lowest BCUT2D eigenvalue weighted by Gasteiger charge is -1.85. The number of hydrogen-bond acceptors (Lipinski definition) is 5. The fourth-order valence-electron chi connectivity index (χ4n) is 1.34. The largest absolute Gasteiger partial charge is 0.243 e. The van der Waals surface area contributed by atoms with Gasteiger partial charge in [-0.3, -0.25) is 0 Å². The average Bonchev–Trinajstić information content (AvgIpc) is 2.91. The maximum absolute atomic E-state index is 4.49. The van der Waals surface area contributed by atoms with Gasteiger partial charge in [-0.1, -0.05) is 18.3 Å². The molecule has 6 heteroatoms. The lowest BCUT2D eigenvalue weighted by atomic mass is 10.5. The number of thiazole rings is 1. The first-order chi connectivity index (χ1) is 7.36. The zero-order chi connectivity index (χ0) is 10.3. The van der Waals surface area contributed by atoms with Crippen molar-refractivity contribution in [2.24, 2.45) is 0 Å². The Kier molecular flexibility index (Phi) is 2.03. The third kappa shape index (κ3) is 1.46. The summed E-state index contributed by atoms with van der Waals surface area (Å²) in [5.41, 5.74) is 0.909. The van der Waals surface area contributed by atoms with Crippen LogP contribution in [0.1, 0.15) is 11.9 Å². The standard InChI is InChI=1S/C9H8N4S2/c1-2-7-12-13-5-6(11-9(13)15-7)8-10-3-4-14-8/h3-5H,2H2,1H3. The smallest absolute Gasteiger partial charge is 0.212 e. The summed E-state index contributed by atoms with van der Waals surface area (Å²) in [5, 5.41) is 8.43. The summed E-state index contributed by atoms with van der Waals surface area (Å²) >= 11 is 3.23. The van der Waals surface area contributed by atoms with Crippen LogP contribution < -0.4 is 0 Å². The van der Waals surface area contributed by atoms with E-state index in [0.717, 1.165) is 27.1 Å². The highest BCUT2D eigenvalue weighted by atomic mass is 32.1. The Morgan fingerprint density at radius 2 is 2.40 bits per heavy atom. The van der Waals surface area contributed by atoms with Crippen LogP contribution >= 0.6 is 22.7 Å². The van der Waals surface area contributed by atoms with Crippen LogP contribution in [0.25, 0.3) is 15.7 Å². The van der Waals surface area contributed by atoms with Crippen LogP contribution in [0.15, 0.2) is 17.8 Å². The lowest BCUT2D eigenvalue weighted by Crippen LogP contribution is -1.83. The summed E-state index contributed by atoms with van der Waals surface area (Å²) in [7, 11) is 0. The van der Waals surface area contributed by atoms with Crippen molar-refractivity contribution in [3.63, 3.8) is 0 Å². The van der Waals surface area contributed by atoms with Gasteiger partial charge in [0.1, 0.15) is 15.7 Å². The quantitative estimate of drug-likeness (QED) is 0.686. The molecule has 0 aliphatic rings. The van der Waals surface area contributed by atoms with Crippen LogP contribution in [-0.2, 0) is 6.42 Å². The van der Waals surface area contributed by atoms with E-state index in [2.05, 4.69) is 22.0 Å². The zero-order valence-electron chi connectivity index (χ0n) is 8.04. The normalized spacial score (nSPS) is 11.3. The summed E-state index contributed by atoms with van der Waals surface area (Å²) in [6, 6.07) is 0. The van der Waals surface area contributed by atoms with Crippen LogP contribution in [0.2, 0.25) is 0 Å². The van der Waals surface area contributed by atoms with Gasteiger partial charge in [-0.15, -0.1) is 11.3 Å². The Morgan fingerprint density at radius 1 is 1.47 bits per heavy atom. The van der Waals surface area contributed by atoms with Crippen molar-refractivity contribution in [1.82, 2.24) is 19.6 Å². The molecule has 0 N–H and O–H groups in total. The van der Waals surface area contributed by atoms with E-state index >= 15 is 0 Å². The minimum Gasteiger partial charge on any atom is -0.243 e. The van der Waals surface area contributed by atoms with Crippen molar-refractivity contribution in [1.29, 1.82) is 0 Å². The molecule has 15 heavy (non-hydrogen) atoms. The first-order valence-corrected chi connectivity index (χ1v) is 6.31. The topological polar surface area (TPSA) is 43.1 Å². The maximum atomic E-state index is 4.49. The Bertz CT molecular complexity index is 547. The molecule has 76 valence electrons. The van der Waals surface area contributed by atoms with E-state index in [9.17, 15) is 0 Å². The van der Waals surface area contributed by atoms with E-state index in [1.54, 1.807) is 28.9 Å². The van der Waals surface area contributed by atoms with Crippen molar-refractivity contribution in [3.05, 3.63) is 22.8 Å². The second kappa shape index (κ2) is 3.39. The molecular weight excluding hydrogens is 228 g/mol. The number of rotatable bonds is 2. The summed E-state index contributed by atoms with van der Waals surface area (Å²) < 4.78 is 1.83. The van der Waals surface area contributed by atoms with E-state index in [1.807, 2.05) is 16.1 Å². The molecule has 0 amide bonds. The lowest BCUT2D eigenvalue weighted by molar-refractivity contribution is 0.910. The van der Waals surface area contributed by atoms with E-state index in [0.29, 0.717) is 0 Å². The molecule has 0 aliphatic heterocycles. The van der Waals surface area contributed by atoms with Gasteiger partial charge >= 0.3 is 0 Å². The van der Waals surface area contributed by atoms with Crippen LogP contribution in [-0.4, -0.2) is 19.6 Å². The molecule has 3 aromatic heterocycles. The highest BCUT2D eigenvalue weighted by Crippen LogP contribution is 2.23. The molecule has 3 rings (SSSR count). The molecule has 4 nitrogen and oxygen atoms in total. The molecule has 0 saturated heterocycles. The molecule has 0 radical (unpaired) electrons. The number of imidazole rings is 1. The molecule has 0 aromatic carbocycles. The number of hydrogen-bond donors (Lipinski definition) is 0. The number of nitrogens with zero attached hydrogens (tertiary/aromatic N) is 4. The van der Waals surface area contributed by atoms with Gasteiger partial charge in [-0.2, -0.15) is 5.10 Å². The Labute approximate surface area is 94.2 Å². The van der Waals surface area contributed by atoms with Crippen LogP contribution in [0.5, 0.6) is 0 Å². The van der Waals surface area contributed by atoms with E-state index in [4.69, 9.17) is 0 Å². The summed E-state index contributed by atoms with van der Waals surface area (Å²) in [6.07, 6.45) is 4.68.